The fraction of sp³-hybridized carbons (Fsp3) is 0.455. The van der Waals surface area contributed by atoms with Crippen molar-refractivity contribution in [3.8, 4) is 94.8 Å². The van der Waals surface area contributed by atoms with E-state index >= 15 is 0 Å². The monoisotopic (exact) mass is 1080 g/mol. The van der Waals surface area contributed by atoms with Gasteiger partial charge in [-0.15, -0.1) is 139 Å². The topological polar surface area (TPSA) is 73.8 Å². The SMILES string of the molecule is CSc1sc(-c2sc(-c3sc(-c4sc(-c5sc(-c6sc(SC)c7c6OCCO7)c6c5OCC(C)(C)CO6)c5c4SCCS5)c4c3SCCS4)c3c2OCC(C)(C)CO3)c2c1OCCO2. The van der Waals surface area contributed by atoms with Gasteiger partial charge in [0.15, 0.2) is 46.0 Å². The Bertz CT molecular complexity index is 2630. The first-order valence-electron chi connectivity index (χ1n) is 20.8. The number of ether oxygens (including phenoxy) is 8. The van der Waals surface area contributed by atoms with Gasteiger partial charge in [-0.2, -0.15) is 0 Å². The van der Waals surface area contributed by atoms with Crippen LogP contribution in [0, 0.1) is 10.8 Å². The number of thiophene rings is 6. The summed E-state index contributed by atoms with van der Waals surface area (Å²) in [5, 5.41) is 0. The molecule has 20 heteroatoms. The fourth-order valence-corrected chi connectivity index (χ4v) is 23.3. The van der Waals surface area contributed by atoms with Crippen molar-refractivity contribution in [2.75, 3.05) is 88.4 Å². The molecule has 6 aliphatic heterocycles. The molecule has 12 heterocycles. The third-order valence-corrected chi connectivity index (χ3v) is 26.7. The first-order valence-corrected chi connectivity index (χ1v) is 32.0. The van der Waals surface area contributed by atoms with Gasteiger partial charge in [0.1, 0.15) is 34.8 Å². The van der Waals surface area contributed by atoms with Crippen molar-refractivity contribution in [2.24, 2.45) is 10.8 Å². The Morgan fingerprint density at radius 2 is 0.578 bits per heavy atom. The van der Waals surface area contributed by atoms with E-state index in [-0.39, 0.29) is 10.8 Å². The van der Waals surface area contributed by atoms with Gasteiger partial charge in [0, 0.05) is 53.4 Å². The molecule has 0 radical (unpaired) electrons. The Balaban J connectivity index is 1.03. The molecule has 8 nitrogen and oxygen atoms in total. The summed E-state index contributed by atoms with van der Waals surface area (Å²) in [5.41, 5.74) is -0.303. The van der Waals surface area contributed by atoms with Crippen molar-refractivity contribution in [3.63, 3.8) is 0 Å². The van der Waals surface area contributed by atoms with E-state index in [2.05, 4.69) is 40.2 Å². The molecule has 12 rings (SSSR count). The molecule has 338 valence electrons. The highest BCUT2D eigenvalue weighted by Crippen LogP contribution is 2.68. The fourth-order valence-electron chi connectivity index (χ4n) is 7.99. The summed E-state index contributed by atoms with van der Waals surface area (Å²) >= 11 is 22.3. The highest BCUT2D eigenvalue weighted by atomic mass is 32.2. The number of rotatable bonds is 7. The average Bonchev–Trinajstić information content (AvgIpc) is 4.14. The van der Waals surface area contributed by atoms with Crippen molar-refractivity contribution in [1.82, 2.24) is 0 Å². The van der Waals surface area contributed by atoms with E-state index in [1.807, 2.05) is 69.7 Å². The summed E-state index contributed by atoms with van der Waals surface area (Å²) in [5.74, 6) is 11.0. The predicted octanol–water partition coefficient (Wildman–Crippen LogP) is 15.4. The molecule has 0 N–H and O–H groups in total. The van der Waals surface area contributed by atoms with Crippen LogP contribution in [0.3, 0.4) is 0 Å². The molecule has 0 spiro atoms. The maximum Gasteiger partial charge on any atom is 0.186 e. The van der Waals surface area contributed by atoms with Crippen LogP contribution in [0.5, 0.6) is 46.0 Å². The molecule has 0 amide bonds. The van der Waals surface area contributed by atoms with Crippen LogP contribution in [0.2, 0.25) is 0 Å². The van der Waals surface area contributed by atoms with Gasteiger partial charge in [-0.1, -0.05) is 27.7 Å². The van der Waals surface area contributed by atoms with Crippen molar-refractivity contribution in [1.29, 1.82) is 0 Å². The van der Waals surface area contributed by atoms with Crippen LogP contribution in [-0.2, 0) is 0 Å². The van der Waals surface area contributed by atoms with E-state index in [1.54, 1.807) is 68.9 Å². The lowest BCUT2D eigenvalue weighted by Gasteiger charge is -2.20. The molecule has 6 aromatic rings. The van der Waals surface area contributed by atoms with E-state index in [0.29, 0.717) is 52.9 Å². The zero-order valence-electron chi connectivity index (χ0n) is 35.7. The van der Waals surface area contributed by atoms with Gasteiger partial charge < -0.3 is 37.9 Å². The molecule has 6 aliphatic rings. The predicted molar refractivity (Wildman–Crippen MR) is 279 cm³/mol. The summed E-state index contributed by atoms with van der Waals surface area (Å²) in [7, 11) is 0. The summed E-state index contributed by atoms with van der Waals surface area (Å²) in [6.07, 6.45) is 4.21. The van der Waals surface area contributed by atoms with Crippen LogP contribution >= 0.6 is 139 Å². The molecule has 0 saturated heterocycles. The molecule has 0 atom stereocenters. The highest BCUT2D eigenvalue weighted by molar-refractivity contribution is 8.06. The van der Waals surface area contributed by atoms with Gasteiger partial charge in [-0.25, -0.2) is 0 Å². The van der Waals surface area contributed by atoms with Crippen LogP contribution in [0.25, 0.3) is 48.8 Å². The standard InChI is InChI=1S/C44H42O8S12/c1-43(2)15-49-19-21(51-17-43)31(59-27(19)29-23-25(41(53-5)63-29)47-9-7-45-23)37-33-35(57-13-11-55-33)39(61-37)40-36-34(56-12-14-58-36)38(62-40)32-22-20(50-16-44(3,4)18-52-22)28(60-32)30-24-26(42(54-6)64-30)48-10-8-46-24/h7-18H2,1-6H3. The molecule has 0 saturated carbocycles. The zero-order chi connectivity index (χ0) is 43.5. The third-order valence-electron chi connectivity index (χ3n) is 11.0. The molecule has 6 aromatic heterocycles. The lowest BCUT2D eigenvalue weighted by molar-refractivity contribution is 0.140. The van der Waals surface area contributed by atoms with Gasteiger partial charge in [-0.3, -0.25) is 0 Å². The number of hydrogen-bond acceptors (Lipinski definition) is 20. The lowest BCUT2D eigenvalue weighted by atomic mass is 9.96. The highest BCUT2D eigenvalue weighted by Gasteiger charge is 2.41. The summed E-state index contributed by atoms with van der Waals surface area (Å²) < 4.78 is 54.9. The molecule has 0 aromatic carbocycles. The smallest absolute Gasteiger partial charge is 0.186 e. The van der Waals surface area contributed by atoms with Gasteiger partial charge in [0.25, 0.3) is 0 Å². The minimum Gasteiger partial charge on any atom is -0.487 e. The molecule has 0 aliphatic carbocycles. The van der Waals surface area contributed by atoms with Crippen molar-refractivity contribution < 1.29 is 37.9 Å². The quantitative estimate of drug-likeness (QED) is 0.142. The number of hydrogen-bond donors (Lipinski definition) is 0. The van der Waals surface area contributed by atoms with E-state index in [0.717, 1.165) is 107 Å². The van der Waals surface area contributed by atoms with Crippen molar-refractivity contribution in [2.45, 2.75) is 55.7 Å². The second kappa shape index (κ2) is 17.3. The van der Waals surface area contributed by atoms with Crippen LogP contribution < -0.4 is 37.9 Å². The summed E-state index contributed by atoms with van der Waals surface area (Å²) in [6.45, 7) is 13.3. The van der Waals surface area contributed by atoms with E-state index < -0.39 is 0 Å². The molecular formula is C44H42O8S12. The largest absolute Gasteiger partial charge is 0.487 e. The molecule has 0 unspecified atom stereocenters. The van der Waals surface area contributed by atoms with Crippen LogP contribution in [0.15, 0.2) is 28.0 Å². The molecular weight excluding hydrogens is 1040 g/mol. The minimum absolute atomic E-state index is 0.151. The lowest BCUT2D eigenvalue weighted by Crippen LogP contribution is -2.26. The van der Waals surface area contributed by atoms with Crippen LogP contribution in [0.4, 0.5) is 0 Å². The Hall–Kier alpha value is -1.30. The van der Waals surface area contributed by atoms with Crippen molar-refractivity contribution >= 4 is 139 Å². The second-order valence-corrected chi connectivity index (χ2v) is 29.8. The Kier molecular flexibility index (Phi) is 11.9. The normalized spacial score (nSPS) is 19.2. The summed E-state index contributed by atoms with van der Waals surface area (Å²) in [4.78, 5) is 17.2. The van der Waals surface area contributed by atoms with Crippen LogP contribution in [0.1, 0.15) is 27.7 Å². The first-order chi connectivity index (χ1) is 31.1. The number of thioether (sulfide) groups is 6. The van der Waals surface area contributed by atoms with Gasteiger partial charge in [-0.05, 0) is 12.5 Å². The zero-order valence-corrected chi connectivity index (χ0v) is 45.4. The van der Waals surface area contributed by atoms with E-state index in [9.17, 15) is 0 Å². The van der Waals surface area contributed by atoms with Crippen molar-refractivity contribution in [3.05, 3.63) is 0 Å². The molecule has 0 bridgehead atoms. The van der Waals surface area contributed by atoms with Gasteiger partial charge >= 0.3 is 0 Å². The van der Waals surface area contributed by atoms with Crippen LogP contribution in [-0.4, -0.2) is 88.4 Å². The van der Waals surface area contributed by atoms with Gasteiger partial charge in [0.2, 0.25) is 0 Å². The Morgan fingerprint density at radius 3 is 0.906 bits per heavy atom. The summed E-state index contributed by atoms with van der Waals surface area (Å²) in [6, 6.07) is 0. The van der Waals surface area contributed by atoms with Gasteiger partial charge in [0.05, 0.1) is 75.2 Å². The first kappa shape index (κ1) is 43.9. The van der Waals surface area contributed by atoms with E-state index in [1.165, 1.54) is 39.1 Å². The van der Waals surface area contributed by atoms with E-state index in [4.69, 9.17) is 37.9 Å². The maximum absolute atomic E-state index is 6.90. The Labute approximate surface area is 421 Å². The molecule has 0 fully saturated rings. The number of fused-ring (bicyclic) bond motifs is 6. The minimum atomic E-state index is -0.151. The molecule has 64 heavy (non-hydrogen) atoms. The Morgan fingerprint density at radius 1 is 0.328 bits per heavy atom. The average molecular weight is 1080 g/mol. The second-order valence-electron chi connectivity index (χ2n) is 17.1. The third kappa shape index (κ3) is 7.42. The maximum atomic E-state index is 6.90.